The number of rotatable bonds is 2. The summed E-state index contributed by atoms with van der Waals surface area (Å²) in [6.45, 7) is 6.82. The van der Waals surface area contributed by atoms with Crippen LogP contribution in [0.4, 0.5) is 0 Å². The van der Waals surface area contributed by atoms with Crippen molar-refractivity contribution >= 4 is 5.91 Å². The lowest BCUT2D eigenvalue weighted by molar-refractivity contribution is -0.0818. The molecule has 2 atom stereocenters. The molecule has 1 aromatic rings. The Labute approximate surface area is 131 Å². The van der Waals surface area contributed by atoms with Gasteiger partial charge in [-0.05, 0) is 25.5 Å². The monoisotopic (exact) mass is 304 g/mol. The highest BCUT2D eigenvalue weighted by Gasteiger charge is 2.44. The molecule has 6 nitrogen and oxygen atoms in total. The molecule has 0 bridgehead atoms. The molecule has 1 aromatic heterocycles. The number of likely N-dealkylation sites (tertiary alicyclic amines) is 1. The van der Waals surface area contributed by atoms with Gasteiger partial charge in [0.05, 0.1) is 5.60 Å². The first-order valence-electron chi connectivity index (χ1n) is 8.05. The molecule has 1 amide bonds. The largest absolute Gasteiger partial charge is 0.389 e. The molecular weight excluding hydrogens is 280 g/mol. The summed E-state index contributed by atoms with van der Waals surface area (Å²) in [7, 11) is 0. The zero-order valence-corrected chi connectivity index (χ0v) is 13.2. The van der Waals surface area contributed by atoms with E-state index in [2.05, 4.69) is 15.3 Å². The van der Waals surface area contributed by atoms with Crippen LogP contribution in [0, 0.1) is 5.92 Å². The Morgan fingerprint density at radius 3 is 3.09 bits per heavy atom. The summed E-state index contributed by atoms with van der Waals surface area (Å²) in [6.07, 6.45) is 3.07. The quantitative estimate of drug-likeness (QED) is 0.844. The Morgan fingerprint density at radius 1 is 1.50 bits per heavy atom. The van der Waals surface area contributed by atoms with E-state index >= 15 is 0 Å². The second-order valence-electron chi connectivity index (χ2n) is 6.71. The number of amides is 1. The molecule has 0 spiro atoms. The maximum atomic E-state index is 12.7. The molecule has 0 unspecified atom stereocenters. The average Bonchev–Trinajstić information content (AvgIpc) is 2.53. The van der Waals surface area contributed by atoms with Gasteiger partial charge in [0.1, 0.15) is 11.5 Å². The summed E-state index contributed by atoms with van der Waals surface area (Å²) in [5.74, 6) is 0.933. The molecule has 2 saturated heterocycles. The zero-order valence-electron chi connectivity index (χ0n) is 13.2. The first-order chi connectivity index (χ1) is 10.5. The lowest BCUT2D eigenvalue weighted by Crippen LogP contribution is -2.59. The van der Waals surface area contributed by atoms with Gasteiger partial charge in [-0.1, -0.05) is 13.8 Å². The van der Waals surface area contributed by atoms with E-state index in [-0.39, 0.29) is 17.7 Å². The number of nitrogens with zero attached hydrogens (tertiary/aromatic N) is 3. The fourth-order valence-electron chi connectivity index (χ4n) is 3.34. The smallest absolute Gasteiger partial charge is 0.272 e. The first kappa shape index (κ1) is 15.4. The molecule has 3 heterocycles. The lowest BCUT2D eigenvalue weighted by atomic mass is 9.76. The minimum Gasteiger partial charge on any atom is -0.389 e. The molecule has 0 aliphatic carbocycles. The van der Waals surface area contributed by atoms with Crippen molar-refractivity contribution in [1.82, 2.24) is 20.2 Å². The van der Waals surface area contributed by atoms with Crippen LogP contribution in [0.15, 0.2) is 12.3 Å². The normalized spacial score (nSPS) is 28.5. The minimum atomic E-state index is -0.614. The highest BCUT2D eigenvalue weighted by atomic mass is 16.3. The standard InChI is InChI=1S/C16H24N4O2/c1-11(2)14-18-6-3-13(19-14)15(21)20-8-5-16(22)4-7-17-9-12(16)10-20/h3,6,11-12,17,22H,4-5,7-10H2,1-2H3/t12-,16-/m0/s1. The minimum absolute atomic E-state index is 0.0584. The van der Waals surface area contributed by atoms with Crippen molar-refractivity contribution in [3.8, 4) is 0 Å². The number of nitrogens with one attached hydrogen (secondary N) is 1. The van der Waals surface area contributed by atoms with Crippen LogP contribution in [0.3, 0.4) is 0 Å². The van der Waals surface area contributed by atoms with Gasteiger partial charge in [-0.25, -0.2) is 9.97 Å². The third-order valence-corrected chi connectivity index (χ3v) is 4.84. The maximum Gasteiger partial charge on any atom is 0.272 e. The highest BCUT2D eigenvalue weighted by Crippen LogP contribution is 2.33. The van der Waals surface area contributed by atoms with Crippen LogP contribution in [0.5, 0.6) is 0 Å². The first-order valence-corrected chi connectivity index (χ1v) is 8.05. The van der Waals surface area contributed by atoms with Crippen LogP contribution in [-0.2, 0) is 0 Å². The van der Waals surface area contributed by atoms with Crippen molar-refractivity contribution in [2.45, 2.75) is 38.2 Å². The van der Waals surface area contributed by atoms with Crippen molar-refractivity contribution in [2.75, 3.05) is 26.2 Å². The van der Waals surface area contributed by atoms with Crippen molar-refractivity contribution in [3.05, 3.63) is 23.8 Å². The molecule has 0 saturated carbocycles. The summed E-state index contributed by atoms with van der Waals surface area (Å²) >= 11 is 0. The van der Waals surface area contributed by atoms with Crippen molar-refractivity contribution in [1.29, 1.82) is 0 Å². The number of fused-ring (bicyclic) bond motifs is 1. The Balaban J connectivity index is 1.74. The van der Waals surface area contributed by atoms with Gasteiger partial charge in [-0.2, -0.15) is 0 Å². The topological polar surface area (TPSA) is 78.4 Å². The van der Waals surface area contributed by atoms with E-state index in [9.17, 15) is 9.90 Å². The van der Waals surface area contributed by atoms with E-state index in [0.717, 1.165) is 19.5 Å². The predicted molar refractivity (Wildman–Crippen MR) is 82.6 cm³/mol. The molecule has 2 aliphatic rings. The molecule has 2 fully saturated rings. The van der Waals surface area contributed by atoms with E-state index in [1.807, 2.05) is 18.7 Å². The number of aliphatic hydroxyl groups is 1. The number of piperidine rings is 2. The third kappa shape index (κ3) is 2.85. The SMILES string of the molecule is CC(C)c1nccc(C(=O)N2CC[C@@]3(O)CCNC[C@H]3C2)n1. The summed E-state index contributed by atoms with van der Waals surface area (Å²) < 4.78 is 0. The number of aromatic nitrogens is 2. The number of hydrogen-bond acceptors (Lipinski definition) is 5. The van der Waals surface area contributed by atoms with Crippen molar-refractivity contribution in [2.24, 2.45) is 5.92 Å². The molecular formula is C16H24N4O2. The van der Waals surface area contributed by atoms with Gasteiger partial charge in [0.2, 0.25) is 0 Å². The summed E-state index contributed by atoms with van der Waals surface area (Å²) in [4.78, 5) is 23.1. The Kier molecular flexibility index (Phi) is 4.14. The molecule has 3 rings (SSSR count). The van der Waals surface area contributed by atoms with Gasteiger partial charge < -0.3 is 15.3 Å². The molecule has 120 valence electrons. The average molecular weight is 304 g/mol. The van der Waals surface area contributed by atoms with Crippen LogP contribution in [-0.4, -0.2) is 57.7 Å². The number of hydrogen-bond donors (Lipinski definition) is 2. The molecule has 2 N–H and O–H groups in total. The van der Waals surface area contributed by atoms with Gasteiger partial charge in [-0.3, -0.25) is 4.79 Å². The molecule has 0 aromatic carbocycles. The maximum absolute atomic E-state index is 12.7. The van der Waals surface area contributed by atoms with Gasteiger partial charge >= 0.3 is 0 Å². The van der Waals surface area contributed by atoms with Gasteiger partial charge in [0, 0.05) is 37.7 Å². The molecule has 0 radical (unpaired) electrons. The second kappa shape index (κ2) is 5.93. The van der Waals surface area contributed by atoms with Crippen LogP contribution >= 0.6 is 0 Å². The van der Waals surface area contributed by atoms with E-state index in [0.29, 0.717) is 31.0 Å². The van der Waals surface area contributed by atoms with Gasteiger partial charge in [0.25, 0.3) is 5.91 Å². The summed E-state index contributed by atoms with van der Waals surface area (Å²) in [6, 6.07) is 1.67. The number of carbonyl (C=O) groups excluding carboxylic acids is 1. The third-order valence-electron chi connectivity index (χ3n) is 4.84. The summed E-state index contributed by atoms with van der Waals surface area (Å²) in [5, 5.41) is 14.0. The summed E-state index contributed by atoms with van der Waals surface area (Å²) in [5.41, 5.74) is -0.163. The van der Waals surface area contributed by atoms with Crippen LogP contribution < -0.4 is 5.32 Å². The molecule has 22 heavy (non-hydrogen) atoms. The zero-order chi connectivity index (χ0) is 15.7. The predicted octanol–water partition coefficient (Wildman–Crippen LogP) is 0.786. The van der Waals surface area contributed by atoms with Crippen molar-refractivity contribution < 1.29 is 9.90 Å². The fourth-order valence-corrected chi connectivity index (χ4v) is 3.34. The van der Waals surface area contributed by atoms with Gasteiger partial charge in [-0.15, -0.1) is 0 Å². The molecule has 2 aliphatic heterocycles. The van der Waals surface area contributed by atoms with Gasteiger partial charge in [0.15, 0.2) is 0 Å². The van der Waals surface area contributed by atoms with Crippen LogP contribution in [0.2, 0.25) is 0 Å². The van der Waals surface area contributed by atoms with E-state index in [4.69, 9.17) is 0 Å². The lowest BCUT2D eigenvalue weighted by Gasteiger charge is -2.47. The van der Waals surface area contributed by atoms with E-state index in [1.165, 1.54) is 0 Å². The second-order valence-corrected chi connectivity index (χ2v) is 6.71. The van der Waals surface area contributed by atoms with E-state index < -0.39 is 5.60 Å². The van der Waals surface area contributed by atoms with E-state index in [1.54, 1.807) is 12.3 Å². The van der Waals surface area contributed by atoms with Crippen LogP contribution in [0.1, 0.15) is 48.9 Å². The Morgan fingerprint density at radius 2 is 2.32 bits per heavy atom. The van der Waals surface area contributed by atoms with Crippen molar-refractivity contribution in [3.63, 3.8) is 0 Å². The number of carbonyl (C=O) groups is 1. The Bertz CT molecular complexity index is 563. The van der Waals surface area contributed by atoms with Crippen LogP contribution in [0.25, 0.3) is 0 Å². The fraction of sp³-hybridized carbons (Fsp3) is 0.688. The highest BCUT2D eigenvalue weighted by molar-refractivity contribution is 5.92. The molecule has 6 heteroatoms. The Hall–Kier alpha value is -1.53.